The Balaban J connectivity index is 1.56. The number of nitrogens with zero attached hydrogens (tertiary/aromatic N) is 3. The Kier molecular flexibility index (Phi) is 6.46. The second-order valence-corrected chi connectivity index (χ2v) is 9.94. The Labute approximate surface area is 209 Å². The van der Waals surface area contributed by atoms with Gasteiger partial charge >= 0.3 is 6.03 Å². The number of likely N-dealkylation sites (N-methyl/N-ethyl adjacent to an activating group) is 1. The maximum absolute atomic E-state index is 14.0. The lowest BCUT2D eigenvalue weighted by Crippen LogP contribution is -2.66. The lowest BCUT2D eigenvalue weighted by Gasteiger charge is -2.45. The number of imide groups is 1. The molecule has 2 aliphatic heterocycles. The first kappa shape index (κ1) is 24.0. The molecule has 9 heteroatoms. The van der Waals surface area contributed by atoms with Crippen LogP contribution >= 0.6 is 11.6 Å². The number of anilines is 1. The van der Waals surface area contributed by atoms with Crippen LogP contribution in [0.15, 0.2) is 42.5 Å². The van der Waals surface area contributed by atoms with E-state index in [1.165, 1.54) is 18.2 Å². The van der Waals surface area contributed by atoms with Gasteiger partial charge in [0.25, 0.3) is 5.91 Å². The van der Waals surface area contributed by atoms with E-state index in [0.717, 1.165) is 35.5 Å². The molecule has 0 spiro atoms. The SMILES string of the molecule is COc1ccc(CN2C(=O)N(c3ccc(F)c(Cl)c3)C(=O)C3C2C2CC(OC)CCC2N3C)cc1. The number of amides is 3. The molecule has 5 atom stereocenters. The van der Waals surface area contributed by atoms with Crippen LogP contribution in [0.2, 0.25) is 5.02 Å². The molecule has 1 aliphatic carbocycles. The fraction of sp³-hybridized carbons (Fsp3) is 0.462. The van der Waals surface area contributed by atoms with Crippen molar-refractivity contribution in [1.82, 2.24) is 9.80 Å². The standard InChI is InChI=1S/C26H29ClFN3O4/c1-29-22-11-9-18(35-3)13-19(22)23-24(29)25(32)31(16-6-10-21(28)20(27)12-16)26(33)30(23)14-15-4-7-17(34-2)8-5-15/h4-8,10,12,18-19,22-24H,9,11,13-14H2,1-3H3. The molecule has 3 aliphatic rings. The van der Waals surface area contributed by atoms with Crippen molar-refractivity contribution in [3.63, 3.8) is 0 Å². The molecule has 0 aromatic heterocycles. The highest BCUT2D eigenvalue weighted by Gasteiger charge is 2.60. The van der Waals surface area contributed by atoms with Crippen LogP contribution in [0.25, 0.3) is 0 Å². The van der Waals surface area contributed by atoms with E-state index < -0.39 is 17.9 Å². The third-order valence-corrected chi connectivity index (χ3v) is 8.10. The summed E-state index contributed by atoms with van der Waals surface area (Å²) in [6.45, 7) is 0.331. The predicted octanol–water partition coefficient (Wildman–Crippen LogP) is 4.32. The van der Waals surface area contributed by atoms with Crippen LogP contribution in [0.3, 0.4) is 0 Å². The summed E-state index contributed by atoms with van der Waals surface area (Å²) in [6.07, 6.45) is 2.70. The van der Waals surface area contributed by atoms with E-state index >= 15 is 0 Å². The molecule has 7 nitrogen and oxygen atoms in total. The van der Waals surface area contributed by atoms with Crippen molar-refractivity contribution >= 4 is 29.2 Å². The van der Waals surface area contributed by atoms with E-state index in [0.29, 0.717) is 6.54 Å². The van der Waals surface area contributed by atoms with Crippen molar-refractivity contribution in [2.45, 2.75) is 50.0 Å². The van der Waals surface area contributed by atoms with Gasteiger partial charge in [-0.05, 0) is 68.1 Å². The monoisotopic (exact) mass is 501 g/mol. The lowest BCUT2D eigenvalue weighted by atomic mass is 9.79. The zero-order valence-corrected chi connectivity index (χ0v) is 20.7. The quantitative estimate of drug-likeness (QED) is 0.610. The van der Waals surface area contributed by atoms with E-state index in [4.69, 9.17) is 21.1 Å². The minimum Gasteiger partial charge on any atom is -0.497 e. The molecule has 2 heterocycles. The normalized spacial score (nSPS) is 28.8. The largest absolute Gasteiger partial charge is 0.497 e. The number of carbonyl (C=O) groups is 2. The van der Waals surface area contributed by atoms with Crippen molar-refractivity contribution in [1.29, 1.82) is 0 Å². The van der Waals surface area contributed by atoms with Crippen LogP contribution in [0, 0.1) is 11.7 Å². The Morgan fingerprint density at radius 1 is 1.09 bits per heavy atom. The number of urea groups is 1. The van der Waals surface area contributed by atoms with Crippen LogP contribution in [-0.2, 0) is 16.1 Å². The van der Waals surface area contributed by atoms with E-state index in [9.17, 15) is 14.0 Å². The number of benzene rings is 2. The second-order valence-electron chi connectivity index (χ2n) is 9.53. The topological polar surface area (TPSA) is 62.3 Å². The fourth-order valence-electron chi connectivity index (χ4n) is 6.08. The Bertz CT molecular complexity index is 1130. The maximum atomic E-state index is 14.0. The van der Waals surface area contributed by atoms with Gasteiger partial charge in [0.15, 0.2) is 0 Å². The number of halogens is 2. The van der Waals surface area contributed by atoms with Crippen molar-refractivity contribution in [2.24, 2.45) is 5.92 Å². The van der Waals surface area contributed by atoms with Gasteiger partial charge in [0.05, 0.1) is 30.0 Å². The minimum absolute atomic E-state index is 0.102. The number of likely N-dealkylation sites (tertiary alicyclic amines) is 1. The lowest BCUT2D eigenvalue weighted by molar-refractivity contribution is -0.125. The number of rotatable bonds is 5. The van der Waals surface area contributed by atoms with Crippen LogP contribution in [-0.4, -0.2) is 67.2 Å². The highest BCUT2D eigenvalue weighted by Crippen LogP contribution is 2.46. The zero-order chi connectivity index (χ0) is 24.9. The van der Waals surface area contributed by atoms with E-state index in [-0.39, 0.29) is 40.7 Å². The first-order valence-electron chi connectivity index (χ1n) is 11.8. The van der Waals surface area contributed by atoms with Gasteiger partial charge in [-0.3, -0.25) is 9.69 Å². The Morgan fingerprint density at radius 2 is 1.83 bits per heavy atom. The smallest absolute Gasteiger partial charge is 0.332 e. The number of carbonyl (C=O) groups excluding carboxylic acids is 2. The molecule has 2 aromatic rings. The molecule has 1 saturated carbocycles. The van der Waals surface area contributed by atoms with Gasteiger partial charge < -0.3 is 14.4 Å². The molecule has 0 N–H and O–H groups in total. The van der Waals surface area contributed by atoms with Gasteiger partial charge in [-0.15, -0.1) is 0 Å². The number of fused-ring (bicyclic) bond motifs is 3. The molecule has 2 saturated heterocycles. The molecule has 186 valence electrons. The van der Waals surface area contributed by atoms with Gasteiger partial charge in [-0.1, -0.05) is 23.7 Å². The highest BCUT2D eigenvalue weighted by atomic mass is 35.5. The van der Waals surface area contributed by atoms with Gasteiger partial charge in [0, 0.05) is 19.7 Å². The third kappa shape index (κ3) is 4.07. The highest BCUT2D eigenvalue weighted by molar-refractivity contribution is 6.31. The molecule has 3 amide bonds. The maximum Gasteiger partial charge on any atom is 0.332 e. The van der Waals surface area contributed by atoms with Crippen LogP contribution in [0.4, 0.5) is 14.9 Å². The summed E-state index contributed by atoms with van der Waals surface area (Å²) >= 11 is 6.02. The van der Waals surface area contributed by atoms with Crippen LogP contribution < -0.4 is 9.64 Å². The Hall–Kier alpha value is -2.68. The number of hydrogen-bond donors (Lipinski definition) is 0. The molecule has 0 bridgehead atoms. The number of ether oxygens (including phenoxy) is 2. The average molecular weight is 502 g/mol. The average Bonchev–Trinajstić information content (AvgIpc) is 3.16. The van der Waals surface area contributed by atoms with Gasteiger partial charge in [0.1, 0.15) is 17.6 Å². The van der Waals surface area contributed by atoms with Crippen molar-refractivity contribution < 1.29 is 23.5 Å². The summed E-state index contributed by atoms with van der Waals surface area (Å²) in [7, 11) is 5.28. The van der Waals surface area contributed by atoms with Crippen molar-refractivity contribution in [3.05, 3.63) is 58.9 Å². The molecule has 5 rings (SSSR count). The van der Waals surface area contributed by atoms with E-state index in [1.54, 1.807) is 19.1 Å². The second kappa shape index (κ2) is 9.41. The summed E-state index contributed by atoms with van der Waals surface area (Å²) < 4.78 is 24.8. The summed E-state index contributed by atoms with van der Waals surface area (Å²) in [5.74, 6) is -0.0755. The molecule has 35 heavy (non-hydrogen) atoms. The van der Waals surface area contributed by atoms with Crippen molar-refractivity contribution in [3.8, 4) is 5.75 Å². The zero-order valence-electron chi connectivity index (χ0n) is 20.0. The minimum atomic E-state index is -0.602. The van der Waals surface area contributed by atoms with E-state index in [2.05, 4.69) is 4.90 Å². The Morgan fingerprint density at radius 3 is 2.49 bits per heavy atom. The first-order chi connectivity index (χ1) is 16.8. The molecule has 2 aromatic carbocycles. The fourth-order valence-corrected chi connectivity index (χ4v) is 6.26. The number of methoxy groups -OCH3 is 2. The molecular weight excluding hydrogens is 473 g/mol. The van der Waals surface area contributed by atoms with Gasteiger partial charge in [0.2, 0.25) is 0 Å². The molecule has 0 radical (unpaired) electrons. The molecular formula is C26H29ClFN3O4. The van der Waals surface area contributed by atoms with Crippen LogP contribution in [0.1, 0.15) is 24.8 Å². The molecule has 5 unspecified atom stereocenters. The van der Waals surface area contributed by atoms with Crippen LogP contribution in [0.5, 0.6) is 5.75 Å². The molecule has 3 fully saturated rings. The number of hydrogen-bond acceptors (Lipinski definition) is 5. The third-order valence-electron chi connectivity index (χ3n) is 7.81. The summed E-state index contributed by atoms with van der Waals surface area (Å²) in [6, 6.07) is 10.4. The summed E-state index contributed by atoms with van der Waals surface area (Å²) in [5, 5.41) is -0.136. The van der Waals surface area contributed by atoms with E-state index in [1.807, 2.05) is 31.3 Å². The predicted molar refractivity (Wildman–Crippen MR) is 130 cm³/mol. The first-order valence-corrected chi connectivity index (χ1v) is 12.2. The van der Waals surface area contributed by atoms with Crippen molar-refractivity contribution in [2.75, 3.05) is 26.2 Å². The van der Waals surface area contributed by atoms with Gasteiger partial charge in [-0.2, -0.15) is 0 Å². The summed E-state index contributed by atoms with van der Waals surface area (Å²) in [4.78, 5) is 32.9. The summed E-state index contributed by atoms with van der Waals surface area (Å²) in [5.41, 5.74) is 1.19. The van der Waals surface area contributed by atoms with Gasteiger partial charge in [-0.25, -0.2) is 14.1 Å².